The summed E-state index contributed by atoms with van der Waals surface area (Å²) in [5, 5.41) is 18.5. The number of aromatic nitrogens is 3. The second-order valence-electron chi connectivity index (χ2n) is 6.45. The van der Waals surface area contributed by atoms with E-state index in [-0.39, 0.29) is 0 Å². The van der Waals surface area contributed by atoms with Crippen molar-refractivity contribution in [3.05, 3.63) is 71.4 Å². The van der Waals surface area contributed by atoms with Crippen LogP contribution in [-0.4, -0.2) is 28.1 Å². The van der Waals surface area contributed by atoms with Gasteiger partial charge < -0.3 is 4.90 Å². The summed E-state index contributed by atoms with van der Waals surface area (Å²) < 4.78 is 0. The van der Waals surface area contributed by atoms with E-state index in [4.69, 9.17) is 0 Å². The van der Waals surface area contributed by atoms with E-state index in [1.54, 1.807) is 4.80 Å². The van der Waals surface area contributed by atoms with E-state index in [1.165, 1.54) is 5.56 Å². The van der Waals surface area contributed by atoms with Gasteiger partial charge >= 0.3 is 0 Å². The summed E-state index contributed by atoms with van der Waals surface area (Å²) in [5.41, 5.74) is 3.74. The molecule has 1 aliphatic heterocycles. The third-order valence-corrected chi connectivity index (χ3v) is 4.69. The monoisotopic (exact) mass is 329 g/mol. The van der Waals surface area contributed by atoms with Crippen LogP contribution in [-0.2, 0) is 0 Å². The van der Waals surface area contributed by atoms with E-state index in [0.29, 0.717) is 17.4 Å². The third kappa shape index (κ3) is 2.99. The summed E-state index contributed by atoms with van der Waals surface area (Å²) >= 11 is 0. The van der Waals surface area contributed by atoms with Gasteiger partial charge in [-0.1, -0.05) is 42.5 Å². The Morgan fingerprint density at radius 1 is 1.08 bits per heavy atom. The van der Waals surface area contributed by atoms with Gasteiger partial charge in [0, 0.05) is 19.0 Å². The molecule has 0 amide bonds. The number of hydrogen-bond donors (Lipinski definition) is 0. The van der Waals surface area contributed by atoms with Crippen LogP contribution in [0.4, 0.5) is 5.82 Å². The molecule has 0 radical (unpaired) electrons. The Balaban J connectivity index is 1.62. The minimum absolute atomic E-state index is 0.384. The first kappa shape index (κ1) is 15.4. The van der Waals surface area contributed by atoms with Crippen LogP contribution in [0.1, 0.15) is 29.2 Å². The molecule has 1 fully saturated rings. The highest BCUT2D eigenvalue weighted by molar-refractivity contribution is 5.52. The molecule has 5 nitrogen and oxygen atoms in total. The van der Waals surface area contributed by atoms with Gasteiger partial charge in [0.15, 0.2) is 5.82 Å². The summed E-state index contributed by atoms with van der Waals surface area (Å²) in [6.07, 6.45) is 1.06. The van der Waals surface area contributed by atoms with Gasteiger partial charge in [-0.2, -0.15) is 5.26 Å². The molecule has 1 atom stereocenters. The van der Waals surface area contributed by atoms with E-state index in [0.717, 1.165) is 30.8 Å². The van der Waals surface area contributed by atoms with Gasteiger partial charge in [-0.25, -0.2) is 0 Å². The van der Waals surface area contributed by atoms with Crippen molar-refractivity contribution in [2.24, 2.45) is 0 Å². The molecule has 0 bridgehead atoms. The van der Waals surface area contributed by atoms with Crippen LogP contribution < -0.4 is 4.90 Å². The molecular formula is C20H19N5. The quantitative estimate of drug-likeness (QED) is 0.738. The SMILES string of the molecule is Cc1cccc(-n2nc(C#N)c(N3CCC(c4ccccc4)C3)n2)c1. The van der Waals surface area contributed by atoms with E-state index in [2.05, 4.69) is 45.4 Å². The number of anilines is 1. The Bertz CT molecular complexity index is 923. The van der Waals surface area contributed by atoms with Crippen LogP contribution in [0.15, 0.2) is 54.6 Å². The molecule has 1 unspecified atom stereocenters. The molecule has 0 saturated carbocycles. The van der Waals surface area contributed by atoms with Crippen molar-refractivity contribution in [1.29, 1.82) is 5.26 Å². The summed E-state index contributed by atoms with van der Waals surface area (Å²) in [4.78, 5) is 3.74. The molecule has 1 aliphatic rings. The zero-order chi connectivity index (χ0) is 17.2. The van der Waals surface area contributed by atoms with Crippen molar-refractivity contribution in [3.63, 3.8) is 0 Å². The lowest BCUT2D eigenvalue weighted by Gasteiger charge is -2.15. The number of nitrogens with zero attached hydrogens (tertiary/aromatic N) is 5. The number of hydrogen-bond acceptors (Lipinski definition) is 4. The van der Waals surface area contributed by atoms with Crippen LogP contribution in [0.2, 0.25) is 0 Å². The highest BCUT2D eigenvalue weighted by Gasteiger charge is 2.28. The lowest BCUT2D eigenvalue weighted by molar-refractivity contribution is 0.740. The molecule has 1 aromatic heterocycles. The van der Waals surface area contributed by atoms with Crippen LogP contribution >= 0.6 is 0 Å². The van der Waals surface area contributed by atoms with Gasteiger partial charge in [0.05, 0.1) is 5.69 Å². The normalized spacial score (nSPS) is 16.8. The van der Waals surface area contributed by atoms with Gasteiger partial charge in [0.2, 0.25) is 5.69 Å². The zero-order valence-corrected chi connectivity index (χ0v) is 14.1. The first-order valence-electron chi connectivity index (χ1n) is 8.49. The Labute approximate surface area is 147 Å². The molecular weight excluding hydrogens is 310 g/mol. The van der Waals surface area contributed by atoms with Crippen LogP contribution in [0.3, 0.4) is 0 Å². The predicted octanol–water partition coefficient (Wildman–Crippen LogP) is 3.44. The van der Waals surface area contributed by atoms with E-state index < -0.39 is 0 Å². The number of rotatable bonds is 3. The second-order valence-corrected chi connectivity index (χ2v) is 6.45. The predicted molar refractivity (Wildman–Crippen MR) is 96.8 cm³/mol. The van der Waals surface area contributed by atoms with E-state index in [9.17, 15) is 5.26 Å². The number of benzene rings is 2. The highest BCUT2D eigenvalue weighted by atomic mass is 15.5. The van der Waals surface area contributed by atoms with Gasteiger partial charge in [-0.3, -0.25) is 0 Å². The number of aryl methyl sites for hydroxylation is 1. The Morgan fingerprint density at radius 2 is 1.92 bits per heavy atom. The fourth-order valence-corrected chi connectivity index (χ4v) is 3.40. The highest BCUT2D eigenvalue weighted by Crippen LogP contribution is 2.31. The summed E-state index contributed by atoms with van der Waals surface area (Å²) in [6.45, 7) is 3.79. The molecule has 3 aromatic rings. The van der Waals surface area contributed by atoms with Gasteiger partial charge in [0.1, 0.15) is 6.07 Å². The molecule has 4 rings (SSSR count). The average molecular weight is 329 g/mol. The topological polar surface area (TPSA) is 57.7 Å². The maximum absolute atomic E-state index is 9.48. The molecule has 0 aliphatic carbocycles. The first-order chi connectivity index (χ1) is 12.2. The third-order valence-electron chi connectivity index (χ3n) is 4.69. The first-order valence-corrected chi connectivity index (χ1v) is 8.49. The summed E-state index contributed by atoms with van der Waals surface area (Å²) in [7, 11) is 0. The Morgan fingerprint density at radius 3 is 2.68 bits per heavy atom. The molecule has 0 N–H and O–H groups in total. The molecule has 124 valence electrons. The van der Waals surface area contributed by atoms with Crippen molar-refractivity contribution in [1.82, 2.24) is 15.0 Å². The van der Waals surface area contributed by atoms with Crippen LogP contribution in [0.25, 0.3) is 5.69 Å². The van der Waals surface area contributed by atoms with Crippen LogP contribution in [0, 0.1) is 18.3 Å². The average Bonchev–Trinajstić information content (AvgIpc) is 3.29. The summed E-state index contributed by atoms with van der Waals surface area (Å²) in [6, 6.07) is 20.7. The van der Waals surface area contributed by atoms with Crippen molar-refractivity contribution < 1.29 is 0 Å². The standard InChI is InChI=1S/C20H19N5/c1-15-6-5-9-18(12-15)25-22-19(13-21)20(23-25)24-11-10-17(14-24)16-7-3-2-4-8-16/h2-9,12,17H,10-11,14H2,1H3. The number of nitriles is 1. The van der Waals surface area contributed by atoms with E-state index in [1.807, 2.05) is 37.3 Å². The summed E-state index contributed by atoms with van der Waals surface area (Å²) in [5.74, 6) is 1.15. The van der Waals surface area contributed by atoms with Crippen molar-refractivity contribution in [2.75, 3.05) is 18.0 Å². The fraction of sp³-hybridized carbons (Fsp3) is 0.250. The largest absolute Gasteiger partial charge is 0.352 e. The Kier molecular flexibility index (Phi) is 3.95. The molecule has 0 spiro atoms. The second kappa shape index (κ2) is 6.40. The van der Waals surface area contributed by atoms with E-state index >= 15 is 0 Å². The Hall–Kier alpha value is -3.13. The molecule has 2 aromatic carbocycles. The zero-order valence-electron chi connectivity index (χ0n) is 14.1. The van der Waals surface area contributed by atoms with Crippen molar-refractivity contribution >= 4 is 5.82 Å². The molecule has 5 heteroatoms. The van der Waals surface area contributed by atoms with Gasteiger partial charge in [0.25, 0.3) is 0 Å². The maximum atomic E-state index is 9.48. The van der Waals surface area contributed by atoms with Crippen LogP contribution in [0.5, 0.6) is 0 Å². The molecule has 1 saturated heterocycles. The lowest BCUT2D eigenvalue weighted by atomic mass is 9.99. The fourth-order valence-electron chi connectivity index (χ4n) is 3.40. The molecule has 25 heavy (non-hydrogen) atoms. The minimum atomic E-state index is 0.384. The lowest BCUT2D eigenvalue weighted by Crippen LogP contribution is -2.20. The minimum Gasteiger partial charge on any atom is -0.352 e. The van der Waals surface area contributed by atoms with Crippen molar-refractivity contribution in [2.45, 2.75) is 19.3 Å². The maximum Gasteiger partial charge on any atom is 0.207 e. The van der Waals surface area contributed by atoms with Crippen molar-refractivity contribution in [3.8, 4) is 11.8 Å². The van der Waals surface area contributed by atoms with Gasteiger partial charge in [-0.15, -0.1) is 15.0 Å². The van der Waals surface area contributed by atoms with Gasteiger partial charge in [-0.05, 0) is 36.6 Å². The smallest absolute Gasteiger partial charge is 0.207 e. The molecule has 2 heterocycles.